The molecule has 0 saturated carbocycles. The molecule has 0 aromatic carbocycles. The van der Waals surface area contributed by atoms with Crippen LogP contribution in [0.1, 0.15) is 26.7 Å². The fourth-order valence-electron chi connectivity index (χ4n) is 0.916. The number of rotatable bonds is 6. The molecule has 0 aliphatic heterocycles. The van der Waals surface area contributed by atoms with E-state index in [1.54, 1.807) is 0 Å². The molecule has 0 aliphatic carbocycles. The highest BCUT2D eigenvalue weighted by molar-refractivity contribution is 8.00. The van der Waals surface area contributed by atoms with Gasteiger partial charge < -0.3 is 0 Å². The molecule has 1 unspecified atom stereocenters. The summed E-state index contributed by atoms with van der Waals surface area (Å²) in [6.07, 6.45) is 3.02. The molecule has 0 aliphatic rings. The van der Waals surface area contributed by atoms with E-state index in [1.165, 1.54) is 17.7 Å². The quantitative estimate of drug-likeness (QED) is 0.434. The Morgan fingerprint density at radius 1 is 1.55 bits per heavy atom. The summed E-state index contributed by atoms with van der Waals surface area (Å²) < 4.78 is 0. The van der Waals surface area contributed by atoms with Crippen LogP contribution in [0.5, 0.6) is 0 Å². The maximum atomic E-state index is 5.51. The Morgan fingerprint density at radius 2 is 2.18 bits per heavy atom. The molecule has 0 bridgehead atoms. The van der Waals surface area contributed by atoms with Gasteiger partial charge in [-0.3, -0.25) is 0 Å². The second-order valence-electron chi connectivity index (χ2n) is 2.63. The summed E-state index contributed by atoms with van der Waals surface area (Å²) in [5.41, 5.74) is 1.19. The predicted molar refractivity (Wildman–Crippen MR) is 56.5 cm³/mol. The highest BCUT2D eigenvalue weighted by Crippen LogP contribution is 2.23. The molecule has 0 nitrogen and oxygen atoms in total. The molecular weight excluding hydrogens is 151 g/mol. The fraction of sp³-hybridized carbons (Fsp3) is 0.778. The summed E-state index contributed by atoms with van der Waals surface area (Å²) in [6, 6.07) is 0. The monoisotopic (exact) mass is 168 g/mol. The van der Waals surface area contributed by atoms with Crippen LogP contribution in [0.4, 0.5) is 0 Å². The molecule has 0 N–H and O–H groups in total. The summed E-state index contributed by atoms with van der Waals surface area (Å²) in [6.45, 7) is 8.34. The molecule has 0 saturated heterocycles. The van der Waals surface area contributed by atoms with Crippen LogP contribution < -0.4 is 0 Å². The normalized spacial score (nSPS) is 12.9. The van der Waals surface area contributed by atoms with Gasteiger partial charge in [0.2, 0.25) is 0 Å². The van der Waals surface area contributed by atoms with E-state index in [9.17, 15) is 0 Å². The van der Waals surface area contributed by atoms with Gasteiger partial charge in [0.25, 0.3) is 0 Å². The third-order valence-electron chi connectivity index (χ3n) is 1.61. The van der Waals surface area contributed by atoms with E-state index >= 15 is 0 Å². The third-order valence-corrected chi connectivity index (χ3v) is 3.32. The van der Waals surface area contributed by atoms with Gasteiger partial charge in [-0.05, 0) is 18.6 Å². The minimum absolute atomic E-state index is 0.583. The van der Waals surface area contributed by atoms with Crippen molar-refractivity contribution in [3.05, 3.63) is 12.2 Å². The molecule has 62 valence electrons. The molecule has 2 heteroatoms. The van der Waals surface area contributed by atoms with Crippen molar-refractivity contribution in [3.63, 3.8) is 0 Å². The van der Waals surface area contributed by atoms with E-state index in [1.807, 2.05) is 11.8 Å². The molecule has 0 rings (SSSR count). The second kappa shape index (κ2) is 6.84. The van der Waals surface area contributed by atoms with E-state index in [2.05, 4.69) is 20.4 Å². The van der Waals surface area contributed by atoms with Gasteiger partial charge in [-0.1, -0.05) is 32.3 Å². The Hall–Kier alpha value is 0.155. The van der Waals surface area contributed by atoms with Gasteiger partial charge in [-0.2, -0.15) is 11.8 Å². The third kappa shape index (κ3) is 4.57. The van der Waals surface area contributed by atoms with Crippen molar-refractivity contribution in [3.8, 4) is 0 Å². The molecule has 1 atom stereocenters. The zero-order valence-electron chi connectivity index (χ0n) is 7.60. The highest BCUT2D eigenvalue weighted by Gasteiger charge is 2.07. The lowest BCUT2D eigenvalue weighted by molar-refractivity contribution is 0.923. The lowest BCUT2D eigenvalue weighted by Crippen LogP contribution is -2.04. The summed E-state index contributed by atoms with van der Waals surface area (Å²) in [5, 5.41) is 0.583. The Balaban J connectivity index is 3.65. The zero-order valence-corrected chi connectivity index (χ0v) is 8.41. The standard InChI is InChI=1S/C9H17BS/c1-4-6-11-9(5-2)8(3)7-10/h9H,3-7H2,1-2H3. The molecule has 0 aromatic heterocycles. The van der Waals surface area contributed by atoms with Crippen molar-refractivity contribution >= 4 is 19.6 Å². The largest absolute Gasteiger partial charge is 0.154 e. The van der Waals surface area contributed by atoms with E-state index in [0.29, 0.717) is 11.6 Å². The summed E-state index contributed by atoms with van der Waals surface area (Å²) in [4.78, 5) is 0. The maximum absolute atomic E-state index is 5.51. The first kappa shape index (κ1) is 11.2. The summed E-state index contributed by atoms with van der Waals surface area (Å²) >= 11 is 1.97. The van der Waals surface area contributed by atoms with Crippen LogP contribution in [0.15, 0.2) is 12.2 Å². The van der Waals surface area contributed by atoms with Crippen molar-refractivity contribution in [1.29, 1.82) is 0 Å². The van der Waals surface area contributed by atoms with Gasteiger partial charge in [0, 0.05) is 5.25 Å². The van der Waals surface area contributed by atoms with Gasteiger partial charge in [0.1, 0.15) is 0 Å². The minimum Gasteiger partial charge on any atom is -0.154 e. The van der Waals surface area contributed by atoms with E-state index in [4.69, 9.17) is 7.85 Å². The average Bonchev–Trinajstić information content (AvgIpc) is 2.05. The lowest BCUT2D eigenvalue weighted by atomic mass is 9.95. The Bertz CT molecular complexity index is 112. The molecule has 11 heavy (non-hydrogen) atoms. The Morgan fingerprint density at radius 3 is 2.55 bits per heavy atom. The number of hydrogen-bond donors (Lipinski definition) is 0. The maximum Gasteiger partial charge on any atom is 0.0712 e. The average molecular weight is 168 g/mol. The van der Waals surface area contributed by atoms with Crippen molar-refractivity contribution in [2.75, 3.05) is 5.75 Å². The Kier molecular flexibility index (Phi) is 6.94. The zero-order chi connectivity index (χ0) is 8.69. The first-order chi connectivity index (χ1) is 5.26. The molecule has 2 radical (unpaired) electrons. The van der Waals surface area contributed by atoms with Gasteiger partial charge >= 0.3 is 0 Å². The smallest absolute Gasteiger partial charge is 0.0712 e. The van der Waals surface area contributed by atoms with Crippen LogP contribution in [-0.2, 0) is 0 Å². The fourth-order valence-corrected chi connectivity index (χ4v) is 2.00. The predicted octanol–water partition coefficient (Wildman–Crippen LogP) is 3.05. The van der Waals surface area contributed by atoms with E-state index < -0.39 is 0 Å². The van der Waals surface area contributed by atoms with Gasteiger partial charge in [-0.25, -0.2) is 0 Å². The van der Waals surface area contributed by atoms with Gasteiger partial charge in [-0.15, -0.1) is 0 Å². The second-order valence-corrected chi connectivity index (χ2v) is 3.94. The molecule has 0 aromatic rings. The summed E-state index contributed by atoms with van der Waals surface area (Å²) in [7, 11) is 5.51. The molecule has 0 heterocycles. The van der Waals surface area contributed by atoms with Crippen LogP contribution in [0.25, 0.3) is 0 Å². The van der Waals surface area contributed by atoms with Crippen LogP contribution in [-0.4, -0.2) is 18.8 Å². The van der Waals surface area contributed by atoms with Gasteiger partial charge in [0.15, 0.2) is 0 Å². The van der Waals surface area contributed by atoms with Crippen LogP contribution in [0.3, 0.4) is 0 Å². The molecule has 0 fully saturated rings. The van der Waals surface area contributed by atoms with Crippen molar-refractivity contribution < 1.29 is 0 Å². The SMILES string of the molecule is [B]CC(=C)C(CC)SCCC. The molecule has 0 amide bonds. The van der Waals surface area contributed by atoms with Crippen molar-refractivity contribution in [1.82, 2.24) is 0 Å². The summed E-state index contributed by atoms with van der Waals surface area (Å²) in [5.74, 6) is 1.22. The first-order valence-corrected chi connectivity index (χ1v) is 5.30. The van der Waals surface area contributed by atoms with Crippen molar-refractivity contribution in [2.45, 2.75) is 38.3 Å². The van der Waals surface area contributed by atoms with Crippen LogP contribution in [0.2, 0.25) is 6.32 Å². The highest BCUT2D eigenvalue weighted by atomic mass is 32.2. The molecule has 0 spiro atoms. The topological polar surface area (TPSA) is 0 Å². The van der Waals surface area contributed by atoms with Crippen LogP contribution >= 0.6 is 11.8 Å². The van der Waals surface area contributed by atoms with Crippen molar-refractivity contribution in [2.24, 2.45) is 0 Å². The number of thioether (sulfide) groups is 1. The lowest BCUT2D eigenvalue weighted by Gasteiger charge is -2.15. The van der Waals surface area contributed by atoms with E-state index in [0.717, 1.165) is 6.42 Å². The van der Waals surface area contributed by atoms with Gasteiger partial charge in [0.05, 0.1) is 7.85 Å². The minimum atomic E-state index is 0.583. The first-order valence-electron chi connectivity index (χ1n) is 4.25. The van der Waals surface area contributed by atoms with E-state index in [-0.39, 0.29) is 0 Å². The Labute approximate surface area is 76.2 Å². The molecular formula is C9H17BS. The number of hydrogen-bond acceptors (Lipinski definition) is 1. The van der Waals surface area contributed by atoms with Crippen LogP contribution in [0, 0.1) is 0 Å².